The van der Waals surface area contributed by atoms with Crippen LogP contribution in [-0.2, 0) is 20.8 Å². The van der Waals surface area contributed by atoms with E-state index in [1.807, 2.05) is 47.4 Å². The molecule has 2 atom stereocenters. The second-order valence-corrected chi connectivity index (χ2v) is 8.74. The molecule has 7 nitrogen and oxygen atoms in total. The lowest BCUT2D eigenvalue weighted by molar-refractivity contribution is -0.138. The maximum atomic E-state index is 13.3. The molecular weight excluding hydrogens is 418 g/mol. The molecule has 4 rings (SSSR count). The number of nitrogens with one attached hydrogen (secondary N) is 1. The van der Waals surface area contributed by atoms with E-state index in [0.29, 0.717) is 18.7 Å². The average Bonchev–Trinajstić information content (AvgIpc) is 3.26. The zero-order chi connectivity index (χ0) is 23.2. The van der Waals surface area contributed by atoms with Crippen LogP contribution in [0.4, 0.5) is 5.69 Å². The first-order valence-electron chi connectivity index (χ1n) is 11.6. The van der Waals surface area contributed by atoms with Crippen LogP contribution in [0.15, 0.2) is 54.6 Å². The minimum Gasteiger partial charge on any atom is -0.497 e. The predicted octanol–water partition coefficient (Wildman–Crippen LogP) is 2.79. The SMILES string of the molecule is COc1ccc(N2C[C@@H](C(=O)N[C@@H](Cc3ccccc3)C(=O)N3CCCCC3)CC2=O)cc1. The van der Waals surface area contributed by atoms with E-state index in [1.54, 1.807) is 24.1 Å². The van der Waals surface area contributed by atoms with Crippen molar-refractivity contribution < 1.29 is 19.1 Å². The molecule has 0 radical (unpaired) electrons. The quantitative estimate of drug-likeness (QED) is 0.705. The van der Waals surface area contributed by atoms with Gasteiger partial charge < -0.3 is 19.9 Å². The van der Waals surface area contributed by atoms with Crippen molar-refractivity contribution in [1.29, 1.82) is 0 Å². The lowest BCUT2D eigenvalue weighted by Crippen LogP contribution is -2.52. The van der Waals surface area contributed by atoms with Crippen molar-refractivity contribution in [3.63, 3.8) is 0 Å². The summed E-state index contributed by atoms with van der Waals surface area (Å²) in [7, 11) is 1.59. The summed E-state index contributed by atoms with van der Waals surface area (Å²) >= 11 is 0. The van der Waals surface area contributed by atoms with E-state index < -0.39 is 12.0 Å². The largest absolute Gasteiger partial charge is 0.497 e. The smallest absolute Gasteiger partial charge is 0.245 e. The molecule has 2 heterocycles. The molecule has 0 unspecified atom stereocenters. The first-order chi connectivity index (χ1) is 16.0. The maximum absolute atomic E-state index is 13.3. The number of piperidine rings is 1. The predicted molar refractivity (Wildman–Crippen MR) is 126 cm³/mol. The summed E-state index contributed by atoms with van der Waals surface area (Å²) in [6.45, 7) is 1.76. The molecule has 2 aromatic rings. The number of hydrogen-bond acceptors (Lipinski definition) is 4. The van der Waals surface area contributed by atoms with Crippen LogP contribution in [0.2, 0.25) is 0 Å². The summed E-state index contributed by atoms with van der Waals surface area (Å²) < 4.78 is 5.18. The number of carbonyl (C=O) groups is 3. The van der Waals surface area contributed by atoms with Gasteiger partial charge in [0.15, 0.2) is 0 Å². The van der Waals surface area contributed by atoms with Crippen molar-refractivity contribution in [2.75, 3.05) is 31.6 Å². The van der Waals surface area contributed by atoms with E-state index in [9.17, 15) is 14.4 Å². The summed E-state index contributed by atoms with van der Waals surface area (Å²) in [6, 6.07) is 16.3. The number of carbonyl (C=O) groups excluding carboxylic acids is 3. The molecule has 2 aromatic carbocycles. The van der Waals surface area contributed by atoms with Crippen molar-refractivity contribution in [3.8, 4) is 5.75 Å². The molecule has 7 heteroatoms. The van der Waals surface area contributed by atoms with Gasteiger partial charge >= 0.3 is 0 Å². The van der Waals surface area contributed by atoms with E-state index in [-0.39, 0.29) is 24.1 Å². The van der Waals surface area contributed by atoms with Gasteiger partial charge in [-0.1, -0.05) is 30.3 Å². The van der Waals surface area contributed by atoms with E-state index in [1.165, 1.54) is 0 Å². The Morgan fingerprint density at radius 3 is 2.39 bits per heavy atom. The molecule has 0 bridgehead atoms. The fourth-order valence-corrected chi connectivity index (χ4v) is 4.57. The van der Waals surface area contributed by atoms with Gasteiger partial charge in [0.25, 0.3) is 0 Å². The number of benzene rings is 2. The topological polar surface area (TPSA) is 79.0 Å². The maximum Gasteiger partial charge on any atom is 0.245 e. The monoisotopic (exact) mass is 449 g/mol. The third-order valence-corrected chi connectivity index (χ3v) is 6.44. The normalized spacial score (nSPS) is 19.3. The van der Waals surface area contributed by atoms with Crippen LogP contribution >= 0.6 is 0 Å². The molecule has 0 saturated carbocycles. The average molecular weight is 450 g/mol. The summed E-state index contributed by atoms with van der Waals surface area (Å²) in [5, 5.41) is 2.99. The zero-order valence-electron chi connectivity index (χ0n) is 19.0. The molecule has 1 N–H and O–H groups in total. The van der Waals surface area contributed by atoms with Crippen molar-refractivity contribution in [2.24, 2.45) is 5.92 Å². The number of hydrogen-bond donors (Lipinski definition) is 1. The van der Waals surface area contributed by atoms with Crippen LogP contribution in [0.5, 0.6) is 5.75 Å². The highest BCUT2D eigenvalue weighted by atomic mass is 16.5. The molecular formula is C26H31N3O4. The fourth-order valence-electron chi connectivity index (χ4n) is 4.57. The van der Waals surface area contributed by atoms with Gasteiger partial charge in [-0.05, 0) is 49.1 Å². The number of likely N-dealkylation sites (tertiary alicyclic amines) is 1. The van der Waals surface area contributed by atoms with E-state index in [4.69, 9.17) is 4.74 Å². The van der Waals surface area contributed by atoms with Crippen LogP contribution in [-0.4, -0.2) is 55.4 Å². The Balaban J connectivity index is 1.45. The Bertz CT molecular complexity index is 971. The number of nitrogens with zero attached hydrogens (tertiary/aromatic N) is 2. The molecule has 2 aliphatic rings. The Kier molecular flexibility index (Phi) is 7.27. The summed E-state index contributed by atoms with van der Waals surface area (Å²) in [5.74, 6) is -0.164. The third kappa shape index (κ3) is 5.53. The second kappa shape index (κ2) is 10.5. The highest BCUT2D eigenvalue weighted by Gasteiger charge is 2.37. The summed E-state index contributed by atoms with van der Waals surface area (Å²) in [6.07, 6.45) is 3.68. The molecule has 0 aliphatic carbocycles. The third-order valence-electron chi connectivity index (χ3n) is 6.44. The van der Waals surface area contributed by atoms with Gasteiger partial charge in [-0.2, -0.15) is 0 Å². The fraction of sp³-hybridized carbons (Fsp3) is 0.423. The number of amides is 3. The molecule has 174 valence electrons. The van der Waals surface area contributed by atoms with Crippen molar-refractivity contribution in [2.45, 2.75) is 38.1 Å². The number of ether oxygens (including phenoxy) is 1. The standard InChI is InChI=1S/C26H31N3O4/c1-33-22-12-10-21(11-13-22)29-18-20(17-24(29)30)25(31)27-23(16-19-8-4-2-5-9-19)26(32)28-14-6-3-7-15-28/h2,4-5,8-13,20,23H,3,6-7,14-18H2,1H3,(H,27,31)/t20-,23-/m0/s1. The summed E-state index contributed by atoms with van der Waals surface area (Å²) in [5.41, 5.74) is 1.73. The van der Waals surface area contributed by atoms with E-state index in [0.717, 1.165) is 43.6 Å². The van der Waals surface area contributed by atoms with Crippen LogP contribution in [0.3, 0.4) is 0 Å². The first-order valence-corrected chi connectivity index (χ1v) is 11.6. The zero-order valence-corrected chi connectivity index (χ0v) is 19.0. The second-order valence-electron chi connectivity index (χ2n) is 8.74. The lowest BCUT2D eigenvalue weighted by atomic mass is 10.0. The Morgan fingerprint density at radius 1 is 1.03 bits per heavy atom. The molecule has 33 heavy (non-hydrogen) atoms. The Hall–Kier alpha value is -3.35. The van der Waals surface area contributed by atoms with Crippen LogP contribution in [0.1, 0.15) is 31.2 Å². The van der Waals surface area contributed by atoms with E-state index in [2.05, 4.69) is 5.32 Å². The van der Waals surface area contributed by atoms with Gasteiger partial charge in [0.1, 0.15) is 11.8 Å². The van der Waals surface area contributed by atoms with Crippen molar-refractivity contribution >= 4 is 23.4 Å². The summed E-state index contributed by atoms with van der Waals surface area (Å²) in [4.78, 5) is 42.6. The van der Waals surface area contributed by atoms with Gasteiger partial charge in [-0.25, -0.2) is 0 Å². The number of methoxy groups -OCH3 is 1. The van der Waals surface area contributed by atoms with Gasteiger partial charge in [-0.15, -0.1) is 0 Å². The van der Waals surface area contributed by atoms with Crippen LogP contribution < -0.4 is 15.0 Å². The van der Waals surface area contributed by atoms with Crippen LogP contribution in [0.25, 0.3) is 0 Å². The highest BCUT2D eigenvalue weighted by Crippen LogP contribution is 2.27. The number of anilines is 1. The Morgan fingerprint density at radius 2 is 1.73 bits per heavy atom. The van der Waals surface area contributed by atoms with Gasteiger partial charge in [0.05, 0.1) is 13.0 Å². The van der Waals surface area contributed by atoms with Gasteiger partial charge in [0, 0.05) is 38.2 Å². The van der Waals surface area contributed by atoms with Crippen molar-refractivity contribution in [1.82, 2.24) is 10.2 Å². The van der Waals surface area contributed by atoms with Crippen LogP contribution in [0, 0.1) is 5.92 Å². The highest BCUT2D eigenvalue weighted by molar-refractivity contribution is 6.01. The minimum absolute atomic E-state index is 0.0387. The molecule has 0 spiro atoms. The lowest BCUT2D eigenvalue weighted by Gasteiger charge is -2.31. The van der Waals surface area contributed by atoms with Gasteiger partial charge in [0.2, 0.25) is 17.7 Å². The molecule has 2 fully saturated rings. The first kappa shape index (κ1) is 22.8. The van der Waals surface area contributed by atoms with E-state index >= 15 is 0 Å². The molecule has 2 saturated heterocycles. The van der Waals surface area contributed by atoms with Gasteiger partial charge in [-0.3, -0.25) is 14.4 Å². The van der Waals surface area contributed by atoms with Crippen molar-refractivity contribution in [3.05, 3.63) is 60.2 Å². The molecule has 0 aromatic heterocycles. The molecule has 3 amide bonds. The minimum atomic E-state index is -0.636. The molecule has 2 aliphatic heterocycles. The number of rotatable bonds is 7. The Labute approximate surface area is 194 Å².